The van der Waals surface area contributed by atoms with E-state index in [1.54, 1.807) is 18.2 Å². The van der Waals surface area contributed by atoms with Crippen LogP contribution in [0.4, 0.5) is 5.69 Å². The van der Waals surface area contributed by atoms with Crippen LogP contribution in [0.5, 0.6) is 5.75 Å². The molecule has 2 aliphatic heterocycles. The summed E-state index contributed by atoms with van der Waals surface area (Å²) in [5.41, 5.74) is 3.39. The number of aliphatic hydroxyl groups excluding tert-OH is 1. The van der Waals surface area contributed by atoms with Crippen LogP contribution in [-0.4, -0.2) is 44.9 Å². The highest BCUT2D eigenvalue weighted by Crippen LogP contribution is 2.44. The van der Waals surface area contributed by atoms with E-state index in [9.17, 15) is 18.3 Å². The van der Waals surface area contributed by atoms with Gasteiger partial charge in [0.15, 0.2) is 0 Å². The highest BCUT2D eigenvalue weighted by molar-refractivity contribution is 7.90. The van der Waals surface area contributed by atoms with Gasteiger partial charge in [-0.25, -0.2) is 13.1 Å². The summed E-state index contributed by atoms with van der Waals surface area (Å²) in [5, 5.41) is 11.0. The SMILES string of the molecule is C[C@H]1CCC[C@@H](CO)[C@@H]2CC[C@H]2CN2CCCCc3cc(Cl)ccc3COc3ccc(cc32)C(=O)NS(=O)(=O)C1. The number of rotatable bonds is 1. The summed E-state index contributed by atoms with van der Waals surface area (Å²) >= 11 is 6.30. The molecule has 0 unspecified atom stereocenters. The number of nitrogens with zero attached hydrogens (tertiary/aromatic N) is 1. The fourth-order valence-electron chi connectivity index (χ4n) is 6.67. The van der Waals surface area contributed by atoms with Crippen LogP contribution in [0.2, 0.25) is 5.02 Å². The van der Waals surface area contributed by atoms with Crippen molar-refractivity contribution in [2.24, 2.45) is 23.7 Å². The monoisotopic (exact) mass is 588 g/mol. The molecule has 0 radical (unpaired) electrons. The first-order chi connectivity index (χ1) is 19.2. The molecule has 7 nitrogen and oxygen atoms in total. The van der Waals surface area contributed by atoms with Crippen LogP contribution in [0.25, 0.3) is 0 Å². The standard InChI is InChI=1S/C31H41ClN2O5S/c1-21-5-4-7-25(18-35)28-12-9-24(28)17-34-14-3-2-6-22-15-27(32)11-8-26(22)19-39-30-13-10-23(16-29(30)34)31(36)33-40(37,38)20-21/h8,10-11,13,15-16,21,24-25,28,35H,2-7,9,12,14,17-20H2,1H3,(H,33,36)/t21-,24-,25-,28+/m0/s1. The summed E-state index contributed by atoms with van der Waals surface area (Å²) in [5.74, 6) is 0.999. The first-order valence-corrected chi connectivity index (χ1v) is 16.7. The van der Waals surface area contributed by atoms with Crippen molar-refractivity contribution in [3.8, 4) is 5.75 Å². The van der Waals surface area contributed by atoms with Crippen molar-refractivity contribution in [3.05, 3.63) is 58.1 Å². The Morgan fingerprint density at radius 2 is 1.90 bits per heavy atom. The number of nitrogens with one attached hydrogen (secondary N) is 1. The molecule has 2 aromatic carbocycles. The lowest BCUT2D eigenvalue weighted by atomic mass is 9.65. The van der Waals surface area contributed by atoms with Crippen molar-refractivity contribution < 1.29 is 23.1 Å². The summed E-state index contributed by atoms with van der Waals surface area (Å²) in [4.78, 5) is 15.5. The number of hydrogen-bond donors (Lipinski definition) is 2. The first-order valence-electron chi connectivity index (χ1n) is 14.7. The van der Waals surface area contributed by atoms with Gasteiger partial charge in [-0.05, 0) is 110 Å². The molecule has 1 saturated carbocycles. The minimum Gasteiger partial charge on any atom is -0.487 e. The molecule has 40 heavy (non-hydrogen) atoms. The number of carbonyl (C=O) groups excluding carboxylic acids is 1. The first kappa shape index (κ1) is 29.2. The minimum absolute atomic E-state index is 0.0798. The summed E-state index contributed by atoms with van der Waals surface area (Å²) < 4.78 is 34.4. The molecule has 9 heteroatoms. The highest BCUT2D eigenvalue weighted by atomic mass is 35.5. The molecule has 2 bridgehead atoms. The van der Waals surface area contributed by atoms with Crippen LogP contribution >= 0.6 is 11.6 Å². The van der Waals surface area contributed by atoms with Crippen molar-refractivity contribution in [1.82, 2.24) is 4.72 Å². The molecule has 2 aromatic rings. The maximum absolute atomic E-state index is 13.2. The number of anilines is 1. The third kappa shape index (κ3) is 6.94. The number of hydrogen-bond acceptors (Lipinski definition) is 6. The van der Waals surface area contributed by atoms with Gasteiger partial charge >= 0.3 is 0 Å². The number of amides is 1. The average molecular weight is 589 g/mol. The van der Waals surface area contributed by atoms with Crippen molar-refractivity contribution >= 4 is 33.2 Å². The lowest BCUT2D eigenvalue weighted by Gasteiger charge is -2.44. The van der Waals surface area contributed by atoms with Gasteiger partial charge < -0.3 is 14.7 Å². The fraction of sp³-hybridized carbons (Fsp3) is 0.581. The van der Waals surface area contributed by atoms with E-state index in [0.717, 1.165) is 75.7 Å². The van der Waals surface area contributed by atoms with E-state index in [1.807, 2.05) is 25.1 Å². The van der Waals surface area contributed by atoms with Gasteiger partial charge in [-0.15, -0.1) is 0 Å². The third-order valence-electron chi connectivity index (χ3n) is 9.03. The largest absolute Gasteiger partial charge is 0.487 e. The topological polar surface area (TPSA) is 95.9 Å². The van der Waals surface area contributed by atoms with Gasteiger partial charge in [0.2, 0.25) is 10.0 Å². The van der Waals surface area contributed by atoms with Gasteiger partial charge in [-0.1, -0.05) is 31.0 Å². The lowest BCUT2D eigenvalue weighted by Crippen LogP contribution is -2.43. The van der Waals surface area contributed by atoms with Crippen molar-refractivity contribution in [2.75, 3.05) is 30.3 Å². The Balaban J connectivity index is 1.52. The summed E-state index contributed by atoms with van der Waals surface area (Å²) in [6.45, 7) is 4.06. The smallest absolute Gasteiger partial charge is 0.264 e. The molecular weight excluding hydrogens is 548 g/mol. The Kier molecular flexibility index (Phi) is 9.28. The van der Waals surface area contributed by atoms with E-state index in [4.69, 9.17) is 16.3 Å². The predicted octanol–water partition coefficient (Wildman–Crippen LogP) is 5.58. The van der Waals surface area contributed by atoms with Gasteiger partial charge in [0.05, 0.1) is 11.4 Å². The molecule has 3 aliphatic rings. The second kappa shape index (κ2) is 12.7. The van der Waals surface area contributed by atoms with Gasteiger partial charge in [0.25, 0.3) is 5.91 Å². The van der Waals surface area contributed by atoms with Gasteiger partial charge in [-0.2, -0.15) is 0 Å². The number of ether oxygens (including phenoxy) is 1. The summed E-state index contributed by atoms with van der Waals surface area (Å²) in [7, 11) is -3.79. The van der Waals surface area contributed by atoms with Crippen LogP contribution in [0.1, 0.15) is 73.4 Å². The molecule has 4 atom stereocenters. The highest BCUT2D eigenvalue weighted by Gasteiger charge is 2.38. The van der Waals surface area contributed by atoms with Crippen molar-refractivity contribution in [3.63, 3.8) is 0 Å². The van der Waals surface area contributed by atoms with Gasteiger partial charge in [0, 0.05) is 30.3 Å². The number of fused-ring (bicyclic) bond motifs is 3. The Morgan fingerprint density at radius 1 is 1.05 bits per heavy atom. The predicted molar refractivity (Wildman–Crippen MR) is 158 cm³/mol. The Labute approximate surface area is 243 Å². The Hall–Kier alpha value is -2.29. The number of aryl methyl sites for hydroxylation is 1. The normalized spacial score (nSPS) is 27.6. The second-order valence-corrected chi connectivity index (χ2v) is 14.2. The molecule has 0 aromatic heterocycles. The molecule has 2 N–H and O–H groups in total. The van der Waals surface area contributed by atoms with Crippen LogP contribution in [-0.2, 0) is 23.1 Å². The third-order valence-corrected chi connectivity index (χ3v) is 10.8. The number of carbonyl (C=O) groups is 1. The van der Waals surface area contributed by atoms with Crippen LogP contribution in [0.15, 0.2) is 36.4 Å². The number of benzene rings is 2. The van der Waals surface area contributed by atoms with E-state index in [2.05, 4.69) is 9.62 Å². The average Bonchev–Trinajstić information content (AvgIpc) is 2.92. The number of aliphatic hydroxyl groups is 1. The molecule has 1 aliphatic carbocycles. The summed E-state index contributed by atoms with van der Waals surface area (Å²) in [6, 6.07) is 11.1. The van der Waals surface area contributed by atoms with Crippen LogP contribution < -0.4 is 14.4 Å². The zero-order valence-corrected chi connectivity index (χ0v) is 24.9. The molecule has 218 valence electrons. The zero-order chi connectivity index (χ0) is 28.3. The quantitative estimate of drug-likeness (QED) is 0.452. The van der Waals surface area contributed by atoms with Crippen molar-refractivity contribution in [2.45, 2.75) is 64.9 Å². The molecule has 1 fully saturated rings. The van der Waals surface area contributed by atoms with Crippen LogP contribution in [0, 0.1) is 23.7 Å². The lowest BCUT2D eigenvalue weighted by molar-refractivity contribution is 0.0576. The van der Waals surface area contributed by atoms with Gasteiger partial charge in [-0.3, -0.25) is 4.79 Å². The molecule has 0 saturated heterocycles. The second-order valence-electron chi connectivity index (χ2n) is 12.0. The molecule has 0 spiro atoms. The summed E-state index contributed by atoms with van der Waals surface area (Å²) in [6.07, 6.45) is 7.58. The van der Waals surface area contributed by atoms with E-state index < -0.39 is 15.9 Å². The molecule has 5 rings (SSSR count). The Morgan fingerprint density at radius 3 is 2.67 bits per heavy atom. The van der Waals surface area contributed by atoms with E-state index in [-0.39, 0.29) is 24.2 Å². The van der Waals surface area contributed by atoms with E-state index in [0.29, 0.717) is 34.8 Å². The van der Waals surface area contributed by atoms with Gasteiger partial charge in [0.1, 0.15) is 12.4 Å². The Bertz CT molecular complexity index is 1320. The van der Waals surface area contributed by atoms with Crippen molar-refractivity contribution in [1.29, 1.82) is 0 Å². The fourth-order valence-corrected chi connectivity index (χ4v) is 8.27. The molecular formula is C31H41ClN2O5S. The maximum atomic E-state index is 13.2. The van der Waals surface area contributed by atoms with E-state index in [1.165, 1.54) is 5.56 Å². The molecule has 1 amide bonds. The zero-order valence-electron chi connectivity index (χ0n) is 23.3. The minimum atomic E-state index is -3.79. The number of sulfonamides is 1. The number of halogens is 1. The molecule has 2 heterocycles. The maximum Gasteiger partial charge on any atom is 0.264 e. The van der Waals surface area contributed by atoms with E-state index >= 15 is 0 Å². The van der Waals surface area contributed by atoms with Crippen LogP contribution in [0.3, 0.4) is 0 Å².